The summed E-state index contributed by atoms with van der Waals surface area (Å²) < 4.78 is 3.86. The molecule has 0 unspecified atom stereocenters. The van der Waals surface area contributed by atoms with Crippen LogP contribution < -0.4 is 24.8 Å². The first-order chi connectivity index (χ1) is 10.0. The molecule has 0 saturated carbocycles. The number of hydrogen-bond acceptors (Lipinski definition) is 0. The molecule has 0 atom stereocenters. The minimum Gasteiger partial charge on any atom is -1.00 e. The SMILES string of the molecule is C[SiH](C)[Zr+2]([C]1=C(C(C)(C)C)C=CC1)[C]1=C(C(C)(C)C)C=CC1.[Cl-].[Cl-]. The summed E-state index contributed by atoms with van der Waals surface area (Å²) in [5.74, 6) is -0.612. The molecule has 0 nitrogen and oxygen atoms in total. The summed E-state index contributed by atoms with van der Waals surface area (Å²) >= 11 is -1.65. The molecule has 2 rings (SSSR count). The third-order valence-electron chi connectivity index (χ3n) is 4.71. The van der Waals surface area contributed by atoms with Crippen LogP contribution >= 0.6 is 0 Å². The number of hydrogen-bond donors (Lipinski definition) is 0. The van der Waals surface area contributed by atoms with Crippen molar-refractivity contribution < 1.29 is 45.7 Å². The molecule has 0 aromatic rings. The molecule has 0 heterocycles. The molecule has 0 N–H and O–H groups in total. The van der Waals surface area contributed by atoms with Crippen molar-refractivity contribution in [1.29, 1.82) is 0 Å². The molecule has 2 aliphatic rings. The normalized spacial score (nSPS) is 17.5. The van der Waals surface area contributed by atoms with Crippen molar-refractivity contribution in [2.75, 3.05) is 0 Å². The Morgan fingerprint density at radius 2 is 1.08 bits per heavy atom. The van der Waals surface area contributed by atoms with Gasteiger partial charge in [-0.25, -0.2) is 0 Å². The zero-order valence-electron chi connectivity index (χ0n) is 16.6. The molecule has 0 amide bonds. The van der Waals surface area contributed by atoms with Crippen molar-refractivity contribution in [3.63, 3.8) is 0 Å². The van der Waals surface area contributed by atoms with Gasteiger partial charge in [0.1, 0.15) is 0 Å². The zero-order valence-corrected chi connectivity index (χ0v) is 21.7. The van der Waals surface area contributed by atoms with Gasteiger partial charge in [-0.15, -0.1) is 0 Å². The third-order valence-corrected chi connectivity index (χ3v) is 24.0. The molecule has 0 bridgehead atoms. The van der Waals surface area contributed by atoms with E-state index < -0.39 is 26.8 Å². The Labute approximate surface area is 171 Å². The summed E-state index contributed by atoms with van der Waals surface area (Å²) in [4.78, 5) is 0. The Kier molecular flexibility index (Phi) is 9.27. The molecular weight excluding hydrogens is 430 g/mol. The van der Waals surface area contributed by atoms with Gasteiger partial charge >= 0.3 is 147 Å². The van der Waals surface area contributed by atoms with E-state index in [-0.39, 0.29) is 24.8 Å². The summed E-state index contributed by atoms with van der Waals surface area (Å²) in [5.41, 5.74) is 4.00. The molecule has 0 saturated heterocycles. The van der Waals surface area contributed by atoms with Gasteiger partial charge in [-0.1, -0.05) is 0 Å². The van der Waals surface area contributed by atoms with Crippen molar-refractivity contribution in [2.45, 2.75) is 67.5 Å². The summed E-state index contributed by atoms with van der Waals surface area (Å²) in [6.07, 6.45) is 12.3. The van der Waals surface area contributed by atoms with Gasteiger partial charge in [-0.05, 0) is 0 Å². The fraction of sp³-hybridized carbons (Fsp3) is 0.600. The average Bonchev–Trinajstić information content (AvgIpc) is 2.95. The van der Waals surface area contributed by atoms with Gasteiger partial charge in [0.05, 0.1) is 0 Å². The molecule has 24 heavy (non-hydrogen) atoms. The Bertz CT molecular complexity index is 521. The van der Waals surface area contributed by atoms with E-state index in [1.165, 1.54) is 12.8 Å². The largest absolute Gasteiger partial charge is 1.00 e. The molecule has 0 aromatic carbocycles. The molecule has 0 spiro atoms. The number of rotatable bonds is 3. The minimum absolute atomic E-state index is 0. The van der Waals surface area contributed by atoms with E-state index in [0.29, 0.717) is 10.8 Å². The van der Waals surface area contributed by atoms with Gasteiger partial charge in [0.15, 0.2) is 0 Å². The van der Waals surface area contributed by atoms with Gasteiger partial charge < -0.3 is 24.8 Å². The van der Waals surface area contributed by atoms with Crippen LogP contribution in [0.15, 0.2) is 42.0 Å². The van der Waals surface area contributed by atoms with Crippen molar-refractivity contribution in [2.24, 2.45) is 10.8 Å². The van der Waals surface area contributed by atoms with Gasteiger partial charge in [-0.2, -0.15) is 0 Å². The molecule has 0 fully saturated rings. The maximum Gasteiger partial charge on any atom is -1.00 e. The van der Waals surface area contributed by atoms with Crippen LogP contribution in [-0.4, -0.2) is 5.92 Å². The molecule has 0 aromatic heterocycles. The second kappa shape index (κ2) is 9.03. The van der Waals surface area contributed by atoms with Gasteiger partial charge in [0.25, 0.3) is 0 Å². The summed E-state index contributed by atoms with van der Waals surface area (Å²) in [6, 6.07) is 0. The van der Waals surface area contributed by atoms with E-state index in [9.17, 15) is 0 Å². The third kappa shape index (κ3) is 5.32. The Hall–Kier alpha value is 0.640. The van der Waals surface area contributed by atoms with Crippen LogP contribution in [0.5, 0.6) is 0 Å². The van der Waals surface area contributed by atoms with Crippen molar-refractivity contribution in [3.05, 3.63) is 42.0 Å². The summed E-state index contributed by atoms with van der Waals surface area (Å²) in [7, 11) is 0. The maximum atomic E-state index is 2.62. The first kappa shape index (κ1) is 24.6. The number of halogens is 2. The second-order valence-electron chi connectivity index (χ2n) is 9.07. The second-order valence-corrected chi connectivity index (χ2v) is 28.3. The molecule has 0 radical (unpaired) electrons. The van der Waals surface area contributed by atoms with E-state index in [0.717, 1.165) is 0 Å². The first-order valence-corrected chi connectivity index (χ1v) is 18.3. The van der Waals surface area contributed by atoms with Crippen molar-refractivity contribution in [1.82, 2.24) is 0 Å². The van der Waals surface area contributed by atoms with Gasteiger partial charge in [0.2, 0.25) is 0 Å². The number of allylic oxidation sites excluding steroid dienone is 8. The fourth-order valence-electron chi connectivity index (χ4n) is 3.80. The molecule has 2 aliphatic carbocycles. The average molecular weight is 464 g/mol. The monoisotopic (exact) mass is 461 g/mol. The Balaban J connectivity index is 0.00000264. The van der Waals surface area contributed by atoms with Crippen molar-refractivity contribution in [3.8, 4) is 0 Å². The van der Waals surface area contributed by atoms with Gasteiger partial charge in [0, 0.05) is 0 Å². The van der Waals surface area contributed by atoms with E-state index in [1.54, 1.807) is 11.1 Å². The van der Waals surface area contributed by atoms with E-state index in [4.69, 9.17) is 0 Å². The summed E-state index contributed by atoms with van der Waals surface area (Å²) in [6.45, 7) is 19.6. The Morgan fingerprint density at radius 3 is 1.33 bits per heavy atom. The minimum atomic E-state index is -1.65. The predicted octanol–water partition coefficient (Wildman–Crippen LogP) is 0.116. The standard InChI is InChI=1S/2C9H13.C2H7Si.2ClH.Zr/c2*1-9(2,3)8-6-4-5-7-8;1-3-2;;;/h2*4,6H,5H2,1-3H3;3H,1-2H3;2*1H;/q;;;;;+2/p-2. The summed E-state index contributed by atoms with van der Waals surface area (Å²) in [5, 5.41) is 0. The van der Waals surface area contributed by atoms with E-state index >= 15 is 0 Å². The molecular formula is C20H33Cl2SiZr. The van der Waals surface area contributed by atoms with Crippen LogP contribution in [0.25, 0.3) is 0 Å². The fourth-order valence-corrected chi connectivity index (χ4v) is 24.9. The zero-order chi connectivity index (χ0) is 16.7. The first-order valence-electron chi connectivity index (χ1n) is 8.71. The van der Waals surface area contributed by atoms with Crippen LogP contribution in [0.3, 0.4) is 0 Å². The predicted molar refractivity (Wildman–Crippen MR) is 99.4 cm³/mol. The van der Waals surface area contributed by atoms with Crippen LogP contribution in [0, 0.1) is 10.8 Å². The molecule has 135 valence electrons. The van der Waals surface area contributed by atoms with Crippen LogP contribution in [0.1, 0.15) is 54.4 Å². The van der Waals surface area contributed by atoms with Crippen LogP contribution in [0.2, 0.25) is 13.1 Å². The van der Waals surface area contributed by atoms with Crippen LogP contribution in [0.4, 0.5) is 0 Å². The molecule has 4 heteroatoms. The molecule has 0 aliphatic heterocycles. The van der Waals surface area contributed by atoms with E-state index in [2.05, 4.69) is 78.9 Å². The van der Waals surface area contributed by atoms with Crippen LogP contribution in [-0.2, 0) is 20.9 Å². The Morgan fingerprint density at radius 1 is 0.750 bits per heavy atom. The van der Waals surface area contributed by atoms with E-state index in [1.807, 2.05) is 6.56 Å². The maximum absolute atomic E-state index is 2.62. The van der Waals surface area contributed by atoms with Gasteiger partial charge in [-0.3, -0.25) is 0 Å². The smallest absolute Gasteiger partial charge is 1.00 e. The topological polar surface area (TPSA) is 0 Å². The van der Waals surface area contributed by atoms with Crippen molar-refractivity contribution >= 4 is 5.92 Å². The quantitative estimate of drug-likeness (QED) is 0.522.